The van der Waals surface area contributed by atoms with Crippen LogP contribution >= 0.6 is 12.2 Å². The van der Waals surface area contributed by atoms with Gasteiger partial charge in [0.15, 0.2) is 4.77 Å². The highest BCUT2D eigenvalue weighted by atomic mass is 32.1. The molecule has 3 aromatic carbocycles. The fourth-order valence-electron chi connectivity index (χ4n) is 3.02. The van der Waals surface area contributed by atoms with Crippen LogP contribution in [-0.4, -0.2) is 19.3 Å². The van der Waals surface area contributed by atoms with Crippen molar-refractivity contribution in [2.75, 3.05) is 0 Å². The third kappa shape index (κ3) is 3.25. The third-order valence-electron chi connectivity index (χ3n) is 4.44. The van der Waals surface area contributed by atoms with Crippen LogP contribution in [0.15, 0.2) is 78.9 Å². The van der Waals surface area contributed by atoms with Crippen LogP contribution in [0.5, 0.6) is 23.1 Å². The molecule has 0 aliphatic rings. The minimum Gasteiger partial charge on any atom is -0.508 e. The van der Waals surface area contributed by atoms with Gasteiger partial charge in [-0.15, -0.1) is 0 Å². The van der Waals surface area contributed by atoms with Gasteiger partial charge >= 0.3 is 0 Å². The monoisotopic (exact) mass is 390 g/mol. The fourth-order valence-corrected chi connectivity index (χ4v) is 3.46. The zero-order chi connectivity index (χ0) is 19.7. The second-order valence-corrected chi connectivity index (χ2v) is 6.65. The van der Waals surface area contributed by atoms with Gasteiger partial charge in [0.25, 0.3) is 0 Å². The van der Waals surface area contributed by atoms with Crippen molar-refractivity contribution in [3.63, 3.8) is 0 Å². The molecule has 140 valence electrons. The molecule has 0 spiro atoms. The Hall–Kier alpha value is -3.51. The number of aromatic hydroxyl groups is 2. The van der Waals surface area contributed by atoms with Gasteiger partial charge in [-0.25, -0.2) is 0 Å². The average molecular weight is 390 g/mol. The summed E-state index contributed by atoms with van der Waals surface area (Å²) in [4.78, 5) is 0. The quantitative estimate of drug-likeness (QED) is 0.451. The van der Waals surface area contributed by atoms with E-state index in [-0.39, 0.29) is 11.6 Å². The zero-order valence-electron chi connectivity index (χ0n) is 15.1. The smallest absolute Gasteiger partial charge is 0.218 e. The summed E-state index contributed by atoms with van der Waals surface area (Å²) in [5.74, 6) is 1.59. The fraction of sp³-hybridized carbons (Fsp3) is 0.0455. The van der Waals surface area contributed by atoms with Crippen LogP contribution in [-0.2, 0) is 0 Å². The normalized spacial score (nSPS) is 10.8. The zero-order valence-corrected chi connectivity index (χ0v) is 15.9. The first-order chi connectivity index (χ1) is 13.5. The molecule has 0 unspecified atom stereocenters. The first-order valence-corrected chi connectivity index (χ1v) is 9.11. The van der Waals surface area contributed by atoms with E-state index in [9.17, 15) is 10.2 Å². The summed E-state index contributed by atoms with van der Waals surface area (Å²) in [6, 6.07) is 23.5. The number of hydrogen-bond acceptors (Lipinski definition) is 4. The van der Waals surface area contributed by atoms with Gasteiger partial charge in [0.1, 0.15) is 17.2 Å². The molecule has 4 aromatic rings. The van der Waals surface area contributed by atoms with E-state index in [0.717, 1.165) is 11.4 Å². The molecule has 0 saturated carbocycles. The van der Waals surface area contributed by atoms with Gasteiger partial charge in [0.2, 0.25) is 5.88 Å². The number of hydrogen-bond donors (Lipinski definition) is 2. The Bertz CT molecular complexity index is 1160. The Morgan fingerprint density at radius 1 is 0.714 bits per heavy atom. The maximum Gasteiger partial charge on any atom is 0.218 e. The van der Waals surface area contributed by atoms with E-state index in [0.29, 0.717) is 22.0 Å². The predicted molar refractivity (Wildman–Crippen MR) is 111 cm³/mol. The molecule has 5 nitrogen and oxygen atoms in total. The lowest BCUT2D eigenvalue weighted by Gasteiger charge is -2.09. The number of phenols is 1. The second-order valence-electron chi connectivity index (χ2n) is 6.29. The highest BCUT2D eigenvalue weighted by Crippen LogP contribution is 2.29. The number of nitrogens with zero attached hydrogens (tertiary/aromatic N) is 2. The van der Waals surface area contributed by atoms with Crippen molar-refractivity contribution in [1.29, 1.82) is 0 Å². The maximum absolute atomic E-state index is 10.6. The Morgan fingerprint density at radius 3 is 1.86 bits per heavy atom. The number of para-hydroxylation sites is 1. The molecule has 0 atom stereocenters. The molecule has 0 radical (unpaired) electrons. The number of rotatable bonds is 4. The number of aromatic nitrogens is 2. The van der Waals surface area contributed by atoms with Crippen molar-refractivity contribution in [1.82, 2.24) is 9.13 Å². The number of benzene rings is 3. The second kappa shape index (κ2) is 7.25. The van der Waals surface area contributed by atoms with E-state index in [2.05, 4.69) is 0 Å². The molecule has 0 aliphatic heterocycles. The lowest BCUT2D eigenvalue weighted by molar-refractivity contribution is 0.437. The number of imidazole rings is 1. The van der Waals surface area contributed by atoms with Gasteiger partial charge in [-0.1, -0.05) is 18.2 Å². The van der Waals surface area contributed by atoms with E-state index in [1.54, 1.807) is 28.8 Å². The minimum atomic E-state index is 0.112. The van der Waals surface area contributed by atoms with E-state index in [4.69, 9.17) is 17.0 Å². The summed E-state index contributed by atoms with van der Waals surface area (Å²) in [7, 11) is 0. The molecule has 1 heterocycles. The molecular formula is C22H18N2O3S. The Morgan fingerprint density at radius 2 is 1.25 bits per heavy atom. The first kappa shape index (κ1) is 17.9. The summed E-state index contributed by atoms with van der Waals surface area (Å²) >= 11 is 5.63. The van der Waals surface area contributed by atoms with Gasteiger partial charge in [0, 0.05) is 5.69 Å². The van der Waals surface area contributed by atoms with Crippen molar-refractivity contribution in [3.8, 4) is 34.5 Å². The van der Waals surface area contributed by atoms with E-state index < -0.39 is 0 Å². The third-order valence-corrected chi connectivity index (χ3v) is 4.80. The Balaban J connectivity index is 1.68. The van der Waals surface area contributed by atoms with Crippen LogP contribution in [0.2, 0.25) is 0 Å². The van der Waals surface area contributed by atoms with Crippen molar-refractivity contribution >= 4 is 12.2 Å². The molecule has 1 aromatic heterocycles. The van der Waals surface area contributed by atoms with Crippen LogP contribution < -0.4 is 4.74 Å². The number of ether oxygens (including phenoxy) is 1. The van der Waals surface area contributed by atoms with Crippen LogP contribution in [0.1, 0.15) is 5.69 Å². The summed E-state index contributed by atoms with van der Waals surface area (Å²) in [5, 5.41) is 20.0. The van der Waals surface area contributed by atoms with Gasteiger partial charge < -0.3 is 14.9 Å². The topological polar surface area (TPSA) is 59.5 Å². The predicted octanol–water partition coefficient (Wildman–Crippen LogP) is 5.51. The molecule has 6 heteroatoms. The summed E-state index contributed by atoms with van der Waals surface area (Å²) in [6.07, 6.45) is 0. The number of phenolic OH excluding ortho intramolecular Hbond substituents is 1. The molecule has 4 rings (SSSR count). The molecule has 0 bridgehead atoms. The van der Waals surface area contributed by atoms with Crippen LogP contribution in [0.3, 0.4) is 0 Å². The summed E-state index contributed by atoms with van der Waals surface area (Å²) < 4.78 is 9.73. The summed E-state index contributed by atoms with van der Waals surface area (Å²) in [5.41, 5.74) is 2.28. The molecule has 0 saturated heterocycles. The van der Waals surface area contributed by atoms with Crippen molar-refractivity contribution in [2.45, 2.75) is 6.92 Å². The molecular weight excluding hydrogens is 372 g/mol. The van der Waals surface area contributed by atoms with Gasteiger partial charge in [-0.3, -0.25) is 9.13 Å². The largest absolute Gasteiger partial charge is 0.508 e. The first-order valence-electron chi connectivity index (χ1n) is 8.70. The lowest BCUT2D eigenvalue weighted by Crippen LogP contribution is -1.99. The van der Waals surface area contributed by atoms with Crippen molar-refractivity contribution in [3.05, 3.63) is 89.3 Å². The van der Waals surface area contributed by atoms with E-state index in [1.165, 1.54) is 0 Å². The standard InChI is InChI=1S/C22H18N2O3S/c1-15-21(26)24(16-5-3-2-4-6-16)22(28)23(15)17-7-11-19(12-8-17)27-20-13-9-18(25)10-14-20/h2-14,25-26H,1H3. The maximum atomic E-state index is 10.6. The molecule has 0 aliphatic carbocycles. The summed E-state index contributed by atoms with van der Waals surface area (Å²) in [6.45, 7) is 1.82. The molecule has 0 fully saturated rings. The molecule has 0 amide bonds. The van der Waals surface area contributed by atoms with Gasteiger partial charge in [-0.05, 0) is 79.8 Å². The molecule has 28 heavy (non-hydrogen) atoms. The van der Waals surface area contributed by atoms with Crippen molar-refractivity contribution in [2.24, 2.45) is 0 Å². The average Bonchev–Trinajstić information content (AvgIpc) is 2.94. The Kier molecular flexibility index (Phi) is 4.63. The van der Waals surface area contributed by atoms with Crippen molar-refractivity contribution < 1.29 is 14.9 Å². The van der Waals surface area contributed by atoms with Crippen LogP contribution in [0, 0.1) is 11.7 Å². The SMILES string of the molecule is Cc1c(O)n(-c2ccccc2)c(=S)n1-c1ccc(Oc2ccc(O)cc2)cc1. The van der Waals surface area contributed by atoms with Crippen LogP contribution in [0.4, 0.5) is 0 Å². The van der Waals surface area contributed by atoms with Gasteiger partial charge in [-0.2, -0.15) is 0 Å². The Labute approximate surface area is 167 Å². The van der Waals surface area contributed by atoms with E-state index in [1.807, 2.05) is 66.1 Å². The minimum absolute atomic E-state index is 0.112. The van der Waals surface area contributed by atoms with Gasteiger partial charge in [0.05, 0.1) is 11.4 Å². The lowest BCUT2D eigenvalue weighted by atomic mass is 10.3. The highest BCUT2D eigenvalue weighted by molar-refractivity contribution is 7.71. The van der Waals surface area contributed by atoms with Crippen LogP contribution in [0.25, 0.3) is 11.4 Å². The van der Waals surface area contributed by atoms with E-state index >= 15 is 0 Å². The molecule has 2 N–H and O–H groups in total. The highest BCUT2D eigenvalue weighted by Gasteiger charge is 2.16.